The number of para-hydroxylation sites is 1. The highest BCUT2D eigenvalue weighted by Gasteiger charge is 2.15. The molecule has 130 valence electrons. The van der Waals surface area contributed by atoms with Gasteiger partial charge in [0.1, 0.15) is 5.82 Å². The van der Waals surface area contributed by atoms with E-state index in [9.17, 15) is 0 Å². The Hall–Kier alpha value is -1.84. The van der Waals surface area contributed by atoms with Gasteiger partial charge in [-0.05, 0) is 43.7 Å². The summed E-state index contributed by atoms with van der Waals surface area (Å²) in [5.74, 6) is 1.59. The van der Waals surface area contributed by atoms with Crippen LogP contribution in [-0.4, -0.2) is 23.1 Å². The molecule has 0 saturated heterocycles. The lowest BCUT2D eigenvalue weighted by Gasteiger charge is -2.24. The van der Waals surface area contributed by atoms with Crippen molar-refractivity contribution in [1.29, 1.82) is 0 Å². The van der Waals surface area contributed by atoms with Gasteiger partial charge in [-0.25, -0.2) is 9.97 Å². The minimum absolute atomic E-state index is 0.560. The van der Waals surface area contributed by atoms with Gasteiger partial charge in [-0.1, -0.05) is 48.7 Å². The minimum Gasteiger partial charge on any atom is -0.356 e. The topological polar surface area (TPSA) is 29.0 Å². The Labute approximate surface area is 158 Å². The van der Waals surface area contributed by atoms with E-state index >= 15 is 0 Å². The maximum atomic E-state index is 6.39. The molecular formula is C20H21Cl2N3. The third kappa shape index (κ3) is 3.88. The number of hydrogen-bond donors (Lipinski definition) is 0. The quantitative estimate of drug-likeness (QED) is 0.512. The molecule has 0 unspecified atom stereocenters. The van der Waals surface area contributed by atoms with Crippen molar-refractivity contribution in [3.05, 3.63) is 52.5 Å². The highest BCUT2D eigenvalue weighted by Crippen LogP contribution is 2.32. The number of hydrogen-bond acceptors (Lipinski definition) is 3. The Kier molecular flexibility index (Phi) is 5.77. The maximum absolute atomic E-state index is 6.39. The zero-order chi connectivity index (χ0) is 17.8. The summed E-state index contributed by atoms with van der Waals surface area (Å²) in [4.78, 5) is 11.9. The van der Waals surface area contributed by atoms with Gasteiger partial charge in [-0.2, -0.15) is 0 Å². The largest absolute Gasteiger partial charge is 0.356 e. The predicted octanol–water partition coefficient (Wildman–Crippen LogP) is 6.23. The van der Waals surface area contributed by atoms with Crippen LogP contribution in [0.25, 0.3) is 22.3 Å². The van der Waals surface area contributed by atoms with Crippen LogP contribution in [0, 0.1) is 0 Å². The second-order valence-corrected chi connectivity index (χ2v) is 6.79. The molecule has 25 heavy (non-hydrogen) atoms. The van der Waals surface area contributed by atoms with Gasteiger partial charge in [-0.3, -0.25) is 0 Å². The molecule has 0 fully saturated rings. The second-order valence-electron chi connectivity index (χ2n) is 5.95. The van der Waals surface area contributed by atoms with Crippen LogP contribution in [0.5, 0.6) is 0 Å². The van der Waals surface area contributed by atoms with Gasteiger partial charge in [0.25, 0.3) is 0 Å². The zero-order valence-corrected chi connectivity index (χ0v) is 16.0. The summed E-state index contributed by atoms with van der Waals surface area (Å²) in [6.45, 7) is 6.23. The van der Waals surface area contributed by atoms with Crippen LogP contribution in [0.2, 0.25) is 10.0 Å². The number of nitrogens with zero attached hydrogens (tertiary/aromatic N) is 3. The molecule has 0 aliphatic heterocycles. The molecule has 0 radical (unpaired) electrons. The van der Waals surface area contributed by atoms with Crippen molar-refractivity contribution in [2.75, 3.05) is 18.0 Å². The Morgan fingerprint density at radius 3 is 2.52 bits per heavy atom. The standard InChI is InChI=1S/C20H21Cl2N3/c1-3-5-12-25(4-2)20-16-8-6-7-9-18(16)23-19(24-20)15-11-10-14(21)13-17(15)22/h6-11,13H,3-5,12H2,1-2H3. The van der Waals surface area contributed by atoms with E-state index in [2.05, 4.69) is 24.8 Å². The molecule has 3 rings (SSSR count). The number of aromatic nitrogens is 2. The molecule has 0 aliphatic carbocycles. The van der Waals surface area contributed by atoms with E-state index < -0.39 is 0 Å². The number of anilines is 1. The highest BCUT2D eigenvalue weighted by molar-refractivity contribution is 6.36. The third-order valence-corrected chi connectivity index (χ3v) is 4.77. The average molecular weight is 374 g/mol. The maximum Gasteiger partial charge on any atom is 0.163 e. The molecule has 3 aromatic rings. The molecule has 1 aromatic heterocycles. The summed E-state index contributed by atoms with van der Waals surface area (Å²) in [5, 5.41) is 2.23. The van der Waals surface area contributed by atoms with Gasteiger partial charge < -0.3 is 4.90 Å². The summed E-state index contributed by atoms with van der Waals surface area (Å²) in [6.07, 6.45) is 2.28. The molecule has 0 saturated carbocycles. The predicted molar refractivity (Wildman–Crippen MR) is 108 cm³/mol. The summed E-state index contributed by atoms with van der Waals surface area (Å²) >= 11 is 12.4. The van der Waals surface area contributed by atoms with Crippen LogP contribution < -0.4 is 4.90 Å². The normalized spacial score (nSPS) is 11.0. The van der Waals surface area contributed by atoms with Crippen molar-refractivity contribution in [1.82, 2.24) is 9.97 Å². The van der Waals surface area contributed by atoms with E-state index in [4.69, 9.17) is 33.2 Å². The average Bonchev–Trinajstić information content (AvgIpc) is 2.62. The van der Waals surface area contributed by atoms with Crippen molar-refractivity contribution in [3.8, 4) is 11.4 Å². The molecular weight excluding hydrogens is 353 g/mol. The summed E-state index contributed by atoms with van der Waals surface area (Å²) < 4.78 is 0. The zero-order valence-electron chi connectivity index (χ0n) is 14.5. The molecule has 0 atom stereocenters. The minimum atomic E-state index is 0.560. The fourth-order valence-corrected chi connectivity index (χ4v) is 3.35. The Balaban J connectivity index is 2.18. The first-order valence-corrected chi connectivity index (χ1v) is 9.36. The monoisotopic (exact) mass is 373 g/mol. The molecule has 1 heterocycles. The number of rotatable bonds is 6. The van der Waals surface area contributed by atoms with Crippen molar-refractivity contribution < 1.29 is 0 Å². The van der Waals surface area contributed by atoms with Gasteiger partial charge in [0.15, 0.2) is 5.82 Å². The van der Waals surface area contributed by atoms with Gasteiger partial charge in [0.05, 0.1) is 10.5 Å². The number of halogens is 2. The summed E-state index contributed by atoms with van der Waals surface area (Å²) in [5.41, 5.74) is 1.72. The van der Waals surface area contributed by atoms with Gasteiger partial charge in [0, 0.05) is 29.1 Å². The Bertz CT molecular complexity index is 880. The van der Waals surface area contributed by atoms with Crippen molar-refractivity contribution in [2.45, 2.75) is 26.7 Å². The van der Waals surface area contributed by atoms with E-state index in [0.717, 1.165) is 48.2 Å². The molecule has 2 aromatic carbocycles. The fraction of sp³-hybridized carbons (Fsp3) is 0.300. The Morgan fingerprint density at radius 2 is 1.80 bits per heavy atom. The molecule has 5 heteroatoms. The highest BCUT2D eigenvalue weighted by atomic mass is 35.5. The molecule has 3 nitrogen and oxygen atoms in total. The number of unbranched alkanes of at least 4 members (excludes halogenated alkanes) is 1. The van der Waals surface area contributed by atoms with Crippen LogP contribution in [0.1, 0.15) is 26.7 Å². The van der Waals surface area contributed by atoms with E-state index in [0.29, 0.717) is 15.9 Å². The van der Waals surface area contributed by atoms with E-state index in [1.807, 2.05) is 30.3 Å². The number of benzene rings is 2. The first kappa shape index (κ1) is 18.0. The first-order chi connectivity index (χ1) is 12.1. The summed E-state index contributed by atoms with van der Waals surface area (Å²) in [7, 11) is 0. The van der Waals surface area contributed by atoms with Crippen molar-refractivity contribution in [3.63, 3.8) is 0 Å². The SMILES string of the molecule is CCCCN(CC)c1nc(-c2ccc(Cl)cc2Cl)nc2ccccc12. The third-order valence-electron chi connectivity index (χ3n) is 4.22. The fourth-order valence-electron chi connectivity index (χ4n) is 2.85. The second kappa shape index (κ2) is 8.03. The first-order valence-electron chi connectivity index (χ1n) is 8.61. The Morgan fingerprint density at radius 1 is 1.00 bits per heavy atom. The molecule has 0 bridgehead atoms. The smallest absolute Gasteiger partial charge is 0.163 e. The number of fused-ring (bicyclic) bond motifs is 1. The lowest BCUT2D eigenvalue weighted by molar-refractivity contribution is 0.726. The van der Waals surface area contributed by atoms with Gasteiger partial charge in [0.2, 0.25) is 0 Å². The molecule has 0 N–H and O–H groups in total. The van der Waals surface area contributed by atoms with Gasteiger partial charge in [-0.15, -0.1) is 0 Å². The van der Waals surface area contributed by atoms with E-state index in [1.54, 1.807) is 6.07 Å². The van der Waals surface area contributed by atoms with Crippen LogP contribution in [0.4, 0.5) is 5.82 Å². The van der Waals surface area contributed by atoms with E-state index in [1.165, 1.54) is 0 Å². The van der Waals surface area contributed by atoms with Crippen LogP contribution in [-0.2, 0) is 0 Å². The lowest BCUT2D eigenvalue weighted by Crippen LogP contribution is -2.25. The van der Waals surface area contributed by atoms with Crippen LogP contribution in [0.3, 0.4) is 0 Å². The van der Waals surface area contributed by atoms with Crippen molar-refractivity contribution >= 4 is 39.9 Å². The van der Waals surface area contributed by atoms with Gasteiger partial charge >= 0.3 is 0 Å². The molecule has 0 aliphatic rings. The molecule has 0 spiro atoms. The van der Waals surface area contributed by atoms with Crippen molar-refractivity contribution in [2.24, 2.45) is 0 Å². The van der Waals surface area contributed by atoms with E-state index in [-0.39, 0.29) is 0 Å². The summed E-state index contributed by atoms with van der Waals surface area (Å²) in [6, 6.07) is 13.5. The lowest BCUT2D eigenvalue weighted by atomic mass is 10.1. The van der Waals surface area contributed by atoms with Crippen LogP contribution >= 0.6 is 23.2 Å². The molecule has 0 amide bonds. The van der Waals surface area contributed by atoms with Crippen LogP contribution in [0.15, 0.2) is 42.5 Å².